The number of carbonyl (C=O) groups is 1. The van der Waals surface area contributed by atoms with Gasteiger partial charge in [-0.15, -0.1) is 24.8 Å². The molecule has 0 amide bonds. The van der Waals surface area contributed by atoms with Crippen molar-refractivity contribution in [2.24, 2.45) is 0 Å². The maximum Gasteiger partial charge on any atom is 0.420 e. The molecule has 0 unspecified atom stereocenters. The first-order valence-corrected chi connectivity index (χ1v) is 9.84. The number of ketones is 1. The molecule has 6 nitrogen and oxygen atoms in total. The van der Waals surface area contributed by atoms with Gasteiger partial charge in [-0.05, 0) is 49.4 Å². The molecule has 9 heteroatoms. The largest absolute Gasteiger partial charge is 0.420 e. The minimum atomic E-state index is -0.479. The van der Waals surface area contributed by atoms with E-state index < -0.39 is 5.76 Å². The van der Waals surface area contributed by atoms with Gasteiger partial charge in [0.15, 0.2) is 11.4 Å². The Labute approximate surface area is 197 Å². The lowest BCUT2D eigenvalue weighted by Crippen LogP contribution is -2.46. The molecule has 0 atom stereocenters. The van der Waals surface area contributed by atoms with E-state index in [0.29, 0.717) is 23.2 Å². The molecule has 0 saturated carbocycles. The molecule has 170 valence electrons. The smallest absolute Gasteiger partial charge is 0.408 e. The van der Waals surface area contributed by atoms with Gasteiger partial charge in [-0.1, -0.05) is 11.8 Å². The highest BCUT2D eigenvalue weighted by molar-refractivity contribution is 5.96. The second-order valence-corrected chi connectivity index (χ2v) is 7.29. The van der Waals surface area contributed by atoms with E-state index in [1.54, 1.807) is 30.3 Å². The fourth-order valence-electron chi connectivity index (χ4n) is 3.55. The van der Waals surface area contributed by atoms with Crippen LogP contribution >= 0.6 is 24.8 Å². The van der Waals surface area contributed by atoms with Gasteiger partial charge < -0.3 is 9.32 Å². The molecule has 0 radical (unpaired) electrons. The highest BCUT2D eigenvalue weighted by Gasteiger charge is 2.16. The molecule has 2 heterocycles. The van der Waals surface area contributed by atoms with Crippen LogP contribution in [0.15, 0.2) is 51.7 Å². The Balaban J connectivity index is 0.00000181. The van der Waals surface area contributed by atoms with Crippen LogP contribution in [0.5, 0.6) is 0 Å². The lowest BCUT2D eigenvalue weighted by molar-refractivity contribution is 0.101. The highest BCUT2D eigenvalue weighted by Crippen LogP contribution is 2.17. The second kappa shape index (κ2) is 11.2. The van der Waals surface area contributed by atoms with Crippen LogP contribution in [0.2, 0.25) is 0 Å². The molecule has 1 fully saturated rings. The first-order chi connectivity index (χ1) is 14.5. The number of hydrogen-bond donors (Lipinski definition) is 0. The molecule has 0 N–H and O–H groups in total. The van der Waals surface area contributed by atoms with E-state index in [1.807, 2.05) is 0 Å². The lowest BCUT2D eigenvalue weighted by atomic mass is 10.1. The first-order valence-electron chi connectivity index (χ1n) is 9.84. The number of halogens is 3. The van der Waals surface area contributed by atoms with E-state index in [9.17, 15) is 14.0 Å². The molecule has 1 aliphatic heterocycles. The van der Waals surface area contributed by atoms with Crippen molar-refractivity contribution in [2.75, 3.05) is 37.6 Å². The molecule has 3 aromatic rings. The van der Waals surface area contributed by atoms with E-state index in [1.165, 1.54) is 23.6 Å². The average molecular weight is 480 g/mol. The van der Waals surface area contributed by atoms with Crippen LogP contribution in [0.1, 0.15) is 17.3 Å². The number of rotatable bonds is 4. The Morgan fingerprint density at radius 2 is 1.66 bits per heavy atom. The van der Waals surface area contributed by atoms with E-state index >= 15 is 0 Å². The second-order valence-electron chi connectivity index (χ2n) is 7.29. The Bertz CT molecular complexity index is 1190. The van der Waals surface area contributed by atoms with Gasteiger partial charge in [-0.3, -0.25) is 14.3 Å². The molecule has 0 bridgehead atoms. The van der Waals surface area contributed by atoms with E-state index in [-0.39, 0.29) is 43.0 Å². The Hall–Kier alpha value is -2.79. The maximum absolute atomic E-state index is 13.1. The van der Waals surface area contributed by atoms with E-state index in [4.69, 9.17) is 4.42 Å². The van der Waals surface area contributed by atoms with Crippen molar-refractivity contribution in [3.8, 4) is 11.8 Å². The van der Waals surface area contributed by atoms with Crippen molar-refractivity contribution in [3.63, 3.8) is 0 Å². The molecule has 1 aliphatic rings. The lowest BCUT2D eigenvalue weighted by Gasteiger charge is -2.35. The molecule has 32 heavy (non-hydrogen) atoms. The van der Waals surface area contributed by atoms with Gasteiger partial charge >= 0.3 is 5.76 Å². The summed E-state index contributed by atoms with van der Waals surface area (Å²) in [5.74, 6) is 5.39. The van der Waals surface area contributed by atoms with Crippen LogP contribution in [-0.2, 0) is 6.54 Å². The third kappa shape index (κ3) is 5.71. The summed E-state index contributed by atoms with van der Waals surface area (Å²) in [5, 5.41) is 0. The minimum Gasteiger partial charge on any atom is -0.408 e. The van der Waals surface area contributed by atoms with Crippen molar-refractivity contribution in [3.05, 3.63) is 64.4 Å². The summed E-state index contributed by atoms with van der Waals surface area (Å²) in [6, 6.07) is 11.6. The summed E-state index contributed by atoms with van der Waals surface area (Å²) in [6.45, 7) is 5.79. The van der Waals surface area contributed by atoms with Gasteiger partial charge in [-0.25, -0.2) is 9.18 Å². The minimum absolute atomic E-state index is 0. The van der Waals surface area contributed by atoms with Gasteiger partial charge in [-0.2, -0.15) is 0 Å². The normalized spacial score (nSPS) is 13.6. The summed E-state index contributed by atoms with van der Waals surface area (Å²) in [4.78, 5) is 28.1. The van der Waals surface area contributed by atoms with Gasteiger partial charge in [0.25, 0.3) is 0 Å². The molecular formula is C23H24Cl2FN3O3. The molecule has 0 spiro atoms. The molecule has 0 aliphatic carbocycles. The van der Waals surface area contributed by atoms with Crippen molar-refractivity contribution < 1.29 is 13.6 Å². The van der Waals surface area contributed by atoms with Crippen LogP contribution in [0.4, 0.5) is 10.1 Å². The van der Waals surface area contributed by atoms with E-state index in [0.717, 1.165) is 31.9 Å². The number of hydrogen-bond acceptors (Lipinski definition) is 5. The Morgan fingerprint density at radius 3 is 2.31 bits per heavy atom. The van der Waals surface area contributed by atoms with Gasteiger partial charge in [0.2, 0.25) is 0 Å². The van der Waals surface area contributed by atoms with Crippen LogP contribution in [0, 0.1) is 17.7 Å². The molecular weight excluding hydrogens is 456 g/mol. The van der Waals surface area contributed by atoms with Gasteiger partial charge in [0.05, 0.1) is 18.6 Å². The summed E-state index contributed by atoms with van der Waals surface area (Å²) in [5.41, 5.74) is 2.56. The van der Waals surface area contributed by atoms with Gasteiger partial charge in [0, 0.05) is 37.4 Å². The standard InChI is InChI=1S/C23H22FN3O3.2ClH/c1-17(28)18-4-9-21-22(16-18)30-23(29)27(21)11-3-2-10-25-12-14-26(15-13-25)20-7-5-19(24)6-8-20;;/h4-9,16H,10-15H2,1H3;2*1H. The number of piperazine rings is 1. The van der Waals surface area contributed by atoms with Crippen molar-refractivity contribution >= 4 is 47.4 Å². The number of nitrogens with zero attached hydrogens (tertiary/aromatic N) is 3. The maximum atomic E-state index is 13.1. The summed E-state index contributed by atoms with van der Waals surface area (Å²) < 4.78 is 19.8. The van der Waals surface area contributed by atoms with Crippen LogP contribution in [0.25, 0.3) is 11.1 Å². The number of benzene rings is 2. The van der Waals surface area contributed by atoms with Crippen molar-refractivity contribution in [1.82, 2.24) is 9.47 Å². The fraction of sp³-hybridized carbons (Fsp3) is 0.304. The quantitative estimate of drug-likeness (QED) is 0.422. The van der Waals surface area contributed by atoms with Crippen LogP contribution < -0.4 is 10.7 Å². The summed E-state index contributed by atoms with van der Waals surface area (Å²) >= 11 is 0. The number of carbonyl (C=O) groups excluding carboxylic acids is 1. The molecule has 2 aromatic carbocycles. The monoisotopic (exact) mass is 479 g/mol. The third-order valence-electron chi connectivity index (χ3n) is 5.30. The molecule has 1 aromatic heterocycles. The third-order valence-corrected chi connectivity index (χ3v) is 5.30. The van der Waals surface area contributed by atoms with Gasteiger partial charge in [0.1, 0.15) is 5.82 Å². The number of anilines is 1. The zero-order chi connectivity index (χ0) is 21.1. The SMILES string of the molecule is CC(=O)c1ccc2c(c1)oc(=O)n2CC#CCN1CCN(c2ccc(F)cc2)CC1.Cl.Cl. The number of Topliss-reactive ketones (excluding diaryl/α,β-unsaturated/α-hetero) is 1. The topological polar surface area (TPSA) is 58.7 Å². The zero-order valence-corrected chi connectivity index (χ0v) is 19.2. The van der Waals surface area contributed by atoms with E-state index in [2.05, 4.69) is 21.6 Å². The number of aromatic nitrogens is 1. The summed E-state index contributed by atoms with van der Waals surface area (Å²) in [7, 11) is 0. The van der Waals surface area contributed by atoms with Crippen LogP contribution in [-0.4, -0.2) is 48.0 Å². The van der Waals surface area contributed by atoms with Crippen molar-refractivity contribution in [2.45, 2.75) is 13.5 Å². The predicted octanol–water partition coefficient (Wildman–Crippen LogP) is 3.61. The number of oxazole rings is 1. The zero-order valence-electron chi connectivity index (χ0n) is 17.5. The fourth-order valence-corrected chi connectivity index (χ4v) is 3.55. The Morgan fingerprint density at radius 1 is 1.00 bits per heavy atom. The Kier molecular flexibility index (Phi) is 8.90. The van der Waals surface area contributed by atoms with Crippen LogP contribution in [0.3, 0.4) is 0 Å². The van der Waals surface area contributed by atoms with Crippen molar-refractivity contribution in [1.29, 1.82) is 0 Å². The molecule has 4 rings (SSSR count). The molecule has 1 saturated heterocycles. The highest BCUT2D eigenvalue weighted by atomic mass is 35.5. The summed E-state index contributed by atoms with van der Waals surface area (Å²) in [6.07, 6.45) is 0. The first kappa shape index (κ1) is 25.5. The predicted molar refractivity (Wildman–Crippen MR) is 128 cm³/mol. The average Bonchev–Trinajstić information content (AvgIpc) is 3.06. The number of fused-ring (bicyclic) bond motifs is 1.